The minimum Gasteiger partial charge on any atom is -0.478 e. The molecule has 3 N–H and O–H groups in total. The van der Waals surface area contributed by atoms with Gasteiger partial charge >= 0.3 is 12.1 Å². The van der Waals surface area contributed by atoms with E-state index in [-0.39, 0.29) is 24.3 Å². The number of amides is 3. The third kappa shape index (κ3) is 6.90. The molecule has 3 amide bonds. The smallest absolute Gasteiger partial charge is 0.416 e. The summed E-state index contributed by atoms with van der Waals surface area (Å²) >= 11 is 0. The quantitative estimate of drug-likeness (QED) is 0.180. The van der Waals surface area contributed by atoms with Crippen LogP contribution in [0.25, 0.3) is 5.69 Å². The van der Waals surface area contributed by atoms with Crippen molar-refractivity contribution in [1.82, 2.24) is 20.4 Å². The number of likely N-dealkylation sites (N-methyl/N-ethyl adjacent to an activating group) is 1. The Hall–Kier alpha value is -5.79. The lowest BCUT2D eigenvalue weighted by atomic mass is 9.80. The first-order valence-electron chi connectivity index (χ1n) is 14.3. The van der Waals surface area contributed by atoms with E-state index in [2.05, 4.69) is 10.6 Å². The molecule has 3 aromatic carbocycles. The van der Waals surface area contributed by atoms with Crippen molar-refractivity contribution in [3.05, 3.63) is 125 Å². The van der Waals surface area contributed by atoms with Crippen LogP contribution in [0.4, 0.5) is 23.4 Å². The predicted octanol–water partition coefficient (Wildman–Crippen LogP) is 4.58. The molecule has 2 atom stereocenters. The highest BCUT2D eigenvalue weighted by Crippen LogP contribution is 2.43. The summed E-state index contributed by atoms with van der Waals surface area (Å²) < 4.78 is 55.9. The molecule has 0 saturated heterocycles. The summed E-state index contributed by atoms with van der Waals surface area (Å²) in [5.41, 5.74) is 0.141. The fourth-order valence-electron chi connectivity index (χ4n) is 5.42. The number of fused-ring (bicyclic) bond motifs is 1. The molecule has 1 aliphatic rings. The maximum absolute atomic E-state index is 14.3. The van der Waals surface area contributed by atoms with Gasteiger partial charge in [0, 0.05) is 35.7 Å². The van der Waals surface area contributed by atoms with Gasteiger partial charge in [0.05, 0.1) is 23.5 Å². The molecule has 2 heterocycles. The molecule has 0 saturated carbocycles. The van der Waals surface area contributed by atoms with Crippen molar-refractivity contribution in [2.24, 2.45) is 0 Å². The van der Waals surface area contributed by atoms with Gasteiger partial charge in [-0.05, 0) is 55.0 Å². The Balaban J connectivity index is 1.68. The number of hydrogen-bond donors (Lipinski definition) is 3. The number of para-hydroxylation sites is 1. The Kier molecular flexibility index (Phi) is 9.22. The number of alkyl halides is 3. The largest absolute Gasteiger partial charge is 0.478 e. The summed E-state index contributed by atoms with van der Waals surface area (Å²) in [5, 5.41) is 18.8. The molecule has 0 spiro atoms. The highest BCUT2D eigenvalue weighted by atomic mass is 19.4. The normalized spacial score (nSPS) is 16.2. The van der Waals surface area contributed by atoms with E-state index in [9.17, 15) is 36.7 Å². The number of carbonyl (C=O) groups excluding carboxylic acids is 3. The lowest BCUT2D eigenvalue weighted by molar-refractivity contribution is -0.137. The lowest BCUT2D eigenvalue weighted by Crippen LogP contribution is -2.55. The van der Waals surface area contributed by atoms with Crippen LogP contribution in [0, 0.1) is 5.82 Å². The number of aliphatic carboxylic acids is 1. The zero-order chi connectivity index (χ0) is 33.9. The number of nitrogens with one attached hydrogen (secondary N) is 2. The molecule has 1 aromatic heterocycles. The van der Waals surface area contributed by atoms with Crippen molar-refractivity contribution in [3.63, 3.8) is 0 Å². The van der Waals surface area contributed by atoms with Gasteiger partial charge in [-0.25, -0.2) is 13.9 Å². The minimum atomic E-state index is -4.72. The second-order valence-corrected chi connectivity index (χ2v) is 10.5. The molecule has 10 nitrogen and oxygen atoms in total. The first-order chi connectivity index (χ1) is 22.4. The Morgan fingerprint density at radius 3 is 2.32 bits per heavy atom. The molecule has 0 aliphatic carbocycles. The average Bonchev–Trinajstić information content (AvgIpc) is 3.42. The molecule has 242 valence electrons. The van der Waals surface area contributed by atoms with E-state index < -0.39 is 53.2 Å². The van der Waals surface area contributed by atoms with Crippen molar-refractivity contribution in [2.45, 2.75) is 31.6 Å². The number of rotatable bonds is 9. The number of nitrogens with zero attached hydrogens (tertiary/aromatic N) is 3. The maximum Gasteiger partial charge on any atom is 0.416 e. The van der Waals surface area contributed by atoms with Crippen LogP contribution in [-0.2, 0) is 27.1 Å². The summed E-state index contributed by atoms with van der Waals surface area (Å²) in [4.78, 5) is 52.5. The van der Waals surface area contributed by atoms with Crippen LogP contribution >= 0.6 is 0 Å². The van der Waals surface area contributed by atoms with Gasteiger partial charge in [0.1, 0.15) is 17.7 Å². The fourth-order valence-corrected chi connectivity index (χ4v) is 5.42. The number of carboxylic acids is 1. The standard InChI is InChI=1S/C33H27F4N5O5/c1-2-41-31-28(24(18-38-25(43)15-16-26(44)45)40-42(31)23-9-4-3-5-10-23)27(19-11-13-22(34)14-12-19)29(32(41)47)39-30(46)20-7-6-8-21(17-20)33(35,36)37/h3-17,27,29H,2,18H2,1H3,(H,38,43)(H,39,46)(H,44,45)/b16-15+. The maximum atomic E-state index is 14.3. The molecule has 1 aliphatic heterocycles. The number of benzene rings is 3. The Bertz CT molecular complexity index is 1860. The number of anilines is 1. The summed E-state index contributed by atoms with van der Waals surface area (Å²) in [7, 11) is 0. The van der Waals surface area contributed by atoms with Crippen molar-refractivity contribution in [3.8, 4) is 5.69 Å². The molecule has 0 radical (unpaired) electrons. The molecule has 0 bridgehead atoms. The predicted molar refractivity (Wildman–Crippen MR) is 161 cm³/mol. The monoisotopic (exact) mass is 649 g/mol. The summed E-state index contributed by atoms with van der Waals surface area (Å²) in [6.07, 6.45) is -3.24. The van der Waals surface area contributed by atoms with E-state index in [0.717, 1.165) is 30.3 Å². The summed E-state index contributed by atoms with van der Waals surface area (Å²) in [5.74, 6) is -4.96. The third-order valence-corrected chi connectivity index (χ3v) is 7.50. The summed E-state index contributed by atoms with van der Waals surface area (Å²) in [6.45, 7) is 1.53. The van der Waals surface area contributed by atoms with Gasteiger partial charge in [-0.1, -0.05) is 36.4 Å². The van der Waals surface area contributed by atoms with Crippen LogP contribution in [0.3, 0.4) is 0 Å². The fraction of sp³-hybridized carbons (Fsp3) is 0.182. The van der Waals surface area contributed by atoms with E-state index >= 15 is 0 Å². The van der Waals surface area contributed by atoms with Crippen LogP contribution in [0.2, 0.25) is 0 Å². The number of halogens is 4. The van der Waals surface area contributed by atoms with Gasteiger partial charge < -0.3 is 15.7 Å². The van der Waals surface area contributed by atoms with E-state index in [1.165, 1.54) is 27.8 Å². The van der Waals surface area contributed by atoms with Crippen molar-refractivity contribution >= 4 is 29.5 Å². The van der Waals surface area contributed by atoms with Gasteiger partial charge in [0.15, 0.2) is 0 Å². The van der Waals surface area contributed by atoms with Crippen LogP contribution in [0.1, 0.15) is 45.6 Å². The summed E-state index contributed by atoms with van der Waals surface area (Å²) in [6, 6.07) is 16.3. The molecule has 47 heavy (non-hydrogen) atoms. The highest BCUT2D eigenvalue weighted by molar-refractivity contribution is 6.05. The molecule has 4 aromatic rings. The second-order valence-electron chi connectivity index (χ2n) is 10.5. The van der Waals surface area contributed by atoms with E-state index in [1.807, 2.05) is 0 Å². The van der Waals surface area contributed by atoms with E-state index in [4.69, 9.17) is 10.2 Å². The molecule has 14 heteroatoms. The molecule has 0 fully saturated rings. The Labute approximate surface area is 265 Å². The minimum absolute atomic E-state index is 0.0869. The van der Waals surface area contributed by atoms with Crippen LogP contribution in [0.15, 0.2) is 91.0 Å². The average molecular weight is 650 g/mol. The van der Waals surface area contributed by atoms with Crippen LogP contribution in [-0.4, -0.2) is 51.2 Å². The van der Waals surface area contributed by atoms with Gasteiger partial charge in [-0.2, -0.15) is 18.3 Å². The van der Waals surface area contributed by atoms with E-state index in [1.54, 1.807) is 37.3 Å². The van der Waals surface area contributed by atoms with Crippen molar-refractivity contribution < 1.29 is 41.8 Å². The zero-order valence-electron chi connectivity index (χ0n) is 24.7. The third-order valence-electron chi connectivity index (χ3n) is 7.50. The second kappa shape index (κ2) is 13.3. The van der Waals surface area contributed by atoms with Gasteiger partial charge in [-0.15, -0.1) is 0 Å². The molecular weight excluding hydrogens is 622 g/mol. The number of carbonyl (C=O) groups is 4. The van der Waals surface area contributed by atoms with E-state index in [0.29, 0.717) is 34.8 Å². The Morgan fingerprint density at radius 2 is 1.68 bits per heavy atom. The molecular formula is C33H27F4N5O5. The molecule has 2 unspecified atom stereocenters. The van der Waals surface area contributed by atoms with Crippen LogP contribution in [0.5, 0.6) is 0 Å². The Morgan fingerprint density at radius 1 is 0.979 bits per heavy atom. The zero-order valence-corrected chi connectivity index (χ0v) is 24.7. The topological polar surface area (TPSA) is 134 Å². The van der Waals surface area contributed by atoms with Crippen molar-refractivity contribution in [2.75, 3.05) is 11.4 Å². The van der Waals surface area contributed by atoms with Crippen LogP contribution < -0.4 is 15.5 Å². The molecule has 5 rings (SSSR count). The first kappa shape index (κ1) is 32.6. The first-order valence-corrected chi connectivity index (χ1v) is 14.3. The van der Waals surface area contributed by atoms with Gasteiger partial charge in [0.2, 0.25) is 5.91 Å². The van der Waals surface area contributed by atoms with Gasteiger partial charge in [-0.3, -0.25) is 19.3 Å². The van der Waals surface area contributed by atoms with Crippen molar-refractivity contribution in [1.29, 1.82) is 0 Å². The number of aromatic nitrogens is 2. The SMILES string of the molecule is CCN1C(=O)C(NC(=O)c2cccc(C(F)(F)F)c2)C(c2ccc(F)cc2)c2c(CNC(=O)/C=C/C(=O)O)nn(-c3ccccc3)c21. The van der Waals surface area contributed by atoms with Gasteiger partial charge in [0.25, 0.3) is 11.8 Å². The number of hydrogen-bond acceptors (Lipinski definition) is 5. The lowest BCUT2D eigenvalue weighted by Gasteiger charge is -2.38. The number of carboxylic acid groups (broad SMARTS) is 1. The highest BCUT2D eigenvalue weighted by Gasteiger charge is 2.46.